The molecule has 3 rings (SSSR count). The van der Waals surface area contributed by atoms with Gasteiger partial charge in [0.05, 0.1) is 17.4 Å². The van der Waals surface area contributed by atoms with E-state index in [2.05, 4.69) is 5.32 Å². The summed E-state index contributed by atoms with van der Waals surface area (Å²) in [6.07, 6.45) is -0.210. The van der Waals surface area contributed by atoms with Gasteiger partial charge in [0.2, 0.25) is 0 Å². The fourth-order valence-corrected chi connectivity index (χ4v) is 4.62. The van der Waals surface area contributed by atoms with Crippen molar-refractivity contribution in [2.75, 3.05) is 4.72 Å². The summed E-state index contributed by atoms with van der Waals surface area (Å²) >= 11 is 1.59. The van der Waals surface area contributed by atoms with Crippen LogP contribution in [0.3, 0.4) is 0 Å². The number of hydrogen-bond acceptors (Lipinski definition) is 6. The molecule has 1 unspecified atom stereocenters. The molecular formula is C23H29N3O4S2. The second-order valence-electron chi connectivity index (χ2n) is 8.79. The fraction of sp³-hybridized carbons (Fsp3) is 0.348. The first-order valence-corrected chi connectivity index (χ1v) is 12.5. The van der Waals surface area contributed by atoms with Crippen molar-refractivity contribution in [3.63, 3.8) is 0 Å². The number of benzene rings is 2. The Morgan fingerprint density at radius 2 is 1.69 bits per heavy atom. The fourth-order valence-electron chi connectivity index (χ4n) is 3.18. The molecule has 0 bridgehead atoms. The highest BCUT2D eigenvalue weighted by molar-refractivity contribution is 7.87. The van der Waals surface area contributed by atoms with Crippen molar-refractivity contribution in [2.45, 2.75) is 46.4 Å². The highest BCUT2D eigenvalue weighted by Crippen LogP contribution is 2.33. The minimum absolute atomic E-state index is 0.245. The van der Waals surface area contributed by atoms with Gasteiger partial charge in [-0.15, -0.1) is 11.3 Å². The molecule has 1 aromatic heterocycles. The zero-order valence-electron chi connectivity index (χ0n) is 18.5. The Balaban J connectivity index is 1.89. The van der Waals surface area contributed by atoms with Crippen LogP contribution in [0.5, 0.6) is 0 Å². The number of anilines is 1. The Kier molecular flexibility index (Phi) is 7.36. The first-order chi connectivity index (χ1) is 14.9. The van der Waals surface area contributed by atoms with E-state index in [-0.39, 0.29) is 17.1 Å². The lowest BCUT2D eigenvalue weighted by Crippen LogP contribution is -2.42. The quantitative estimate of drug-likeness (QED) is 0.280. The zero-order chi connectivity index (χ0) is 23.5. The summed E-state index contributed by atoms with van der Waals surface area (Å²) in [6.45, 7) is 7.91. The van der Waals surface area contributed by atoms with Crippen LogP contribution in [0, 0.1) is 12.3 Å². The van der Waals surface area contributed by atoms with Crippen LogP contribution < -0.4 is 10.0 Å². The number of rotatable bonds is 8. The van der Waals surface area contributed by atoms with Gasteiger partial charge in [0.25, 0.3) is 0 Å². The van der Waals surface area contributed by atoms with E-state index in [9.17, 15) is 13.5 Å². The van der Waals surface area contributed by atoms with Gasteiger partial charge in [0.1, 0.15) is 11.2 Å². The third-order valence-corrected chi connectivity index (χ3v) is 6.56. The Morgan fingerprint density at radius 1 is 1.06 bits per heavy atom. The first-order valence-electron chi connectivity index (χ1n) is 10.2. The number of aliphatic hydroxyl groups is 1. The molecule has 1 heterocycles. The van der Waals surface area contributed by atoms with Crippen LogP contribution >= 0.6 is 11.3 Å². The predicted octanol–water partition coefficient (Wildman–Crippen LogP) is 4.57. The summed E-state index contributed by atoms with van der Waals surface area (Å²) in [6, 6.07) is 16.5. The number of hydrogen-bond donors (Lipinski definition) is 4. The SMILES string of the molecule is Cc1sc([C@H](Cc2ccc(NS(=O)(=O)O)cc2)NC(O)C(C)(C)C)nc1-c1ccccc1. The van der Waals surface area contributed by atoms with E-state index >= 15 is 0 Å². The van der Waals surface area contributed by atoms with Crippen LogP contribution in [0.2, 0.25) is 0 Å². The van der Waals surface area contributed by atoms with Crippen LogP contribution in [0.15, 0.2) is 54.6 Å². The van der Waals surface area contributed by atoms with E-state index < -0.39 is 16.5 Å². The van der Waals surface area contributed by atoms with Crippen LogP contribution in [-0.4, -0.2) is 29.3 Å². The molecule has 0 aliphatic carbocycles. The van der Waals surface area contributed by atoms with E-state index in [1.54, 1.807) is 35.6 Å². The van der Waals surface area contributed by atoms with Gasteiger partial charge in [0.15, 0.2) is 0 Å². The molecule has 4 N–H and O–H groups in total. The van der Waals surface area contributed by atoms with Crippen molar-refractivity contribution >= 4 is 27.3 Å². The molecule has 0 saturated carbocycles. The Bertz CT molecular complexity index is 1140. The Labute approximate surface area is 193 Å². The second-order valence-corrected chi connectivity index (χ2v) is 11.2. The largest absolute Gasteiger partial charge is 0.378 e. The minimum Gasteiger partial charge on any atom is -0.378 e. The molecule has 0 amide bonds. The molecule has 2 aromatic carbocycles. The monoisotopic (exact) mass is 475 g/mol. The predicted molar refractivity (Wildman–Crippen MR) is 129 cm³/mol. The molecule has 0 saturated heterocycles. The van der Waals surface area contributed by atoms with E-state index in [4.69, 9.17) is 9.54 Å². The highest BCUT2D eigenvalue weighted by atomic mass is 32.2. The molecule has 0 fully saturated rings. The molecule has 9 heteroatoms. The summed E-state index contributed by atoms with van der Waals surface area (Å²) in [5.74, 6) is 0. The van der Waals surface area contributed by atoms with E-state index in [0.717, 1.165) is 26.7 Å². The number of nitrogens with zero attached hydrogens (tertiary/aromatic N) is 1. The maximum Gasteiger partial charge on any atom is 0.357 e. The molecule has 7 nitrogen and oxygen atoms in total. The van der Waals surface area contributed by atoms with Gasteiger partial charge in [0, 0.05) is 15.9 Å². The Hall–Kier alpha value is -2.30. The summed E-state index contributed by atoms with van der Waals surface area (Å²) in [4.78, 5) is 5.99. The second kappa shape index (κ2) is 9.68. The zero-order valence-corrected chi connectivity index (χ0v) is 20.2. The third-order valence-electron chi connectivity index (χ3n) is 4.98. The lowest BCUT2D eigenvalue weighted by atomic mass is 9.93. The van der Waals surface area contributed by atoms with Gasteiger partial charge < -0.3 is 5.11 Å². The molecule has 32 heavy (non-hydrogen) atoms. The van der Waals surface area contributed by atoms with Crippen LogP contribution in [0.4, 0.5) is 5.69 Å². The molecular weight excluding hydrogens is 446 g/mol. The summed E-state index contributed by atoms with van der Waals surface area (Å²) in [5.41, 5.74) is 2.81. The smallest absolute Gasteiger partial charge is 0.357 e. The van der Waals surface area contributed by atoms with Gasteiger partial charge in [-0.2, -0.15) is 8.42 Å². The van der Waals surface area contributed by atoms with E-state index in [1.165, 1.54) is 0 Å². The standard InChI is InChI=1S/C23H29N3O4S2/c1-15-20(17-8-6-5-7-9-17)25-21(31-15)19(24-22(27)23(2,3)4)14-16-10-12-18(13-11-16)26-32(28,29)30/h5-13,19,22,24,26-27H,14H2,1-4H3,(H,28,29,30)/t19-,22?/m0/s1. The maximum atomic E-state index is 11.0. The lowest BCUT2D eigenvalue weighted by molar-refractivity contribution is 0.0226. The van der Waals surface area contributed by atoms with E-state index in [1.807, 2.05) is 62.7 Å². The molecule has 3 aromatic rings. The van der Waals surface area contributed by atoms with Crippen molar-refractivity contribution < 1.29 is 18.1 Å². The minimum atomic E-state index is -4.32. The summed E-state index contributed by atoms with van der Waals surface area (Å²) < 4.78 is 33.0. The van der Waals surface area contributed by atoms with E-state index in [0.29, 0.717) is 6.42 Å². The normalized spacial score (nSPS) is 14.2. The maximum absolute atomic E-state index is 11.0. The molecule has 0 radical (unpaired) electrons. The number of aromatic nitrogens is 1. The molecule has 0 spiro atoms. The van der Waals surface area contributed by atoms with Gasteiger partial charge >= 0.3 is 10.3 Å². The van der Waals surface area contributed by atoms with Crippen LogP contribution in [-0.2, 0) is 16.7 Å². The highest BCUT2D eigenvalue weighted by Gasteiger charge is 2.28. The van der Waals surface area contributed by atoms with Gasteiger partial charge in [-0.3, -0.25) is 14.6 Å². The number of aryl methyl sites for hydroxylation is 1. The van der Waals surface area contributed by atoms with Gasteiger partial charge in [-0.1, -0.05) is 63.2 Å². The molecule has 2 atom stereocenters. The van der Waals surface area contributed by atoms with Crippen LogP contribution in [0.1, 0.15) is 42.3 Å². The summed E-state index contributed by atoms with van der Waals surface area (Å²) in [5, 5.41) is 14.9. The Morgan fingerprint density at radius 3 is 2.25 bits per heavy atom. The number of aliphatic hydroxyl groups excluding tert-OH is 1. The summed E-state index contributed by atoms with van der Waals surface area (Å²) in [7, 11) is -4.32. The van der Waals surface area contributed by atoms with Crippen molar-refractivity contribution in [2.24, 2.45) is 5.41 Å². The number of thiazole rings is 1. The average Bonchev–Trinajstić information content (AvgIpc) is 3.09. The molecule has 0 aliphatic heterocycles. The van der Waals surface area contributed by atoms with Gasteiger partial charge in [-0.05, 0) is 31.0 Å². The molecule has 0 aliphatic rings. The third kappa shape index (κ3) is 6.60. The molecule has 172 valence electrons. The topological polar surface area (TPSA) is 112 Å². The lowest BCUT2D eigenvalue weighted by Gasteiger charge is -2.30. The van der Waals surface area contributed by atoms with Crippen LogP contribution in [0.25, 0.3) is 11.3 Å². The van der Waals surface area contributed by atoms with Crippen molar-refractivity contribution in [3.05, 3.63) is 70.0 Å². The average molecular weight is 476 g/mol. The van der Waals surface area contributed by atoms with Crippen molar-refractivity contribution in [1.29, 1.82) is 0 Å². The van der Waals surface area contributed by atoms with Crippen molar-refractivity contribution in [1.82, 2.24) is 10.3 Å². The number of nitrogens with one attached hydrogen (secondary N) is 2. The van der Waals surface area contributed by atoms with Crippen molar-refractivity contribution in [3.8, 4) is 11.3 Å². The van der Waals surface area contributed by atoms with Gasteiger partial charge in [-0.25, -0.2) is 4.98 Å². The first kappa shape index (κ1) is 24.3.